The van der Waals surface area contributed by atoms with Crippen molar-refractivity contribution >= 4 is 56.4 Å². The van der Waals surface area contributed by atoms with E-state index in [1.165, 1.54) is 18.2 Å². The average molecular weight is 420 g/mol. The Kier molecular flexibility index (Phi) is 4.89. The third kappa shape index (κ3) is 3.91. The quantitative estimate of drug-likeness (QED) is 0.159. The maximum atomic E-state index is 11.2. The number of hydrogen-bond acceptors (Lipinski definition) is 8. The summed E-state index contributed by atoms with van der Waals surface area (Å²) in [5.41, 5.74) is 2.53. The Morgan fingerprint density at radius 2 is 1.57 bits per heavy atom. The fourth-order valence-corrected chi connectivity index (χ4v) is 3.50. The van der Waals surface area contributed by atoms with Crippen molar-refractivity contribution in [1.82, 2.24) is 19.9 Å². The van der Waals surface area contributed by atoms with E-state index >= 15 is 0 Å². The van der Waals surface area contributed by atoms with Gasteiger partial charge in [0.05, 0.1) is 39.0 Å². The standard InChI is InChI=1S/C16H12N4O6S2/c21-25-26-27-9-1-3-11-13(7-9)19-15(17-11)5-6-16-18-12-4-2-10(28(22,23)24)8-14(12)20-16/h1-8,21H,(H,17,19)(H,18,20)(H,22,23,24). The van der Waals surface area contributed by atoms with Gasteiger partial charge in [-0.25, -0.2) is 15.2 Å². The highest BCUT2D eigenvalue weighted by atomic mass is 32.2. The van der Waals surface area contributed by atoms with E-state index in [0.717, 1.165) is 23.1 Å². The first kappa shape index (κ1) is 18.6. The molecular formula is C16H12N4O6S2. The Labute approximate surface area is 162 Å². The maximum absolute atomic E-state index is 11.2. The largest absolute Gasteiger partial charge is 0.338 e. The second kappa shape index (κ2) is 7.35. The van der Waals surface area contributed by atoms with Crippen LogP contribution in [0, 0.1) is 0 Å². The van der Waals surface area contributed by atoms with Crippen LogP contribution in [0.25, 0.3) is 34.2 Å². The molecule has 0 atom stereocenters. The molecule has 2 aromatic carbocycles. The normalized spacial score (nSPS) is 12.5. The van der Waals surface area contributed by atoms with Crippen LogP contribution in [0.2, 0.25) is 0 Å². The van der Waals surface area contributed by atoms with Gasteiger partial charge in [-0.15, -0.1) is 4.33 Å². The van der Waals surface area contributed by atoms with Gasteiger partial charge in [-0.1, -0.05) is 5.04 Å². The van der Waals surface area contributed by atoms with Crippen molar-refractivity contribution in [3.8, 4) is 0 Å². The molecule has 0 aliphatic carbocycles. The minimum Gasteiger partial charge on any atom is -0.338 e. The van der Waals surface area contributed by atoms with Gasteiger partial charge in [0.2, 0.25) is 0 Å². The molecule has 4 aromatic rings. The molecule has 28 heavy (non-hydrogen) atoms. The molecule has 0 fully saturated rings. The topological polar surface area (TPSA) is 150 Å². The van der Waals surface area contributed by atoms with Crippen LogP contribution in [0.1, 0.15) is 11.6 Å². The van der Waals surface area contributed by atoms with Crippen LogP contribution in [0.15, 0.2) is 46.2 Å². The monoisotopic (exact) mass is 420 g/mol. The van der Waals surface area contributed by atoms with Crippen molar-refractivity contribution in [2.75, 3.05) is 0 Å². The number of nitrogens with zero attached hydrogens (tertiary/aromatic N) is 2. The van der Waals surface area contributed by atoms with Crippen molar-refractivity contribution in [1.29, 1.82) is 0 Å². The Morgan fingerprint density at radius 1 is 0.964 bits per heavy atom. The van der Waals surface area contributed by atoms with E-state index in [1.807, 2.05) is 0 Å². The number of imidazole rings is 2. The first-order valence-electron chi connectivity index (χ1n) is 7.72. The lowest BCUT2D eigenvalue weighted by Gasteiger charge is -1.96. The number of aromatic amines is 2. The lowest BCUT2D eigenvalue weighted by molar-refractivity contribution is -0.432. The lowest BCUT2D eigenvalue weighted by Crippen LogP contribution is -1.97. The summed E-state index contributed by atoms with van der Waals surface area (Å²) in [5.74, 6) is 1.07. The van der Waals surface area contributed by atoms with Gasteiger partial charge < -0.3 is 9.97 Å². The molecule has 2 aromatic heterocycles. The minimum absolute atomic E-state index is 0.208. The second-order valence-electron chi connectivity index (χ2n) is 5.64. The van der Waals surface area contributed by atoms with E-state index in [1.54, 1.807) is 30.4 Å². The van der Waals surface area contributed by atoms with Crippen LogP contribution < -0.4 is 0 Å². The Balaban J connectivity index is 1.59. The molecule has 0 radical (unpaired) electrons. The van der Waals surface area contributed by atoms with Gasteiger partial charge in [0.1, 0.15) is 11.6 Å². The van der Waals surface area contributed by atoms with Crippen LogP contribution in [0.3, 0.4) is 0 Å². The third-order valence-corrected chi connectivity index (χ3v) is 5.23. The lowest BCUT2D eigenvalue weighted by atomic mass is 10.3. The minimum atomic E-state index is -4.28. The van der Waals surface area contributed by atoms with Gasteiger partial charge in [-0.2, -0.15) is 8.42 Å². The zero-order valence-corrected chi connectivity index (χ0v) is 15.5. The summed E-state index contributed by atoms with van der Waals surface area (Å²) in [7, 11) is -4.28. The summed E-state index contributed by atoms with van der Waals surface area (Å²) < 4.78 is 36.0. The number of rotatable bonds is 6. The highest BCUT2D eigenvalue weighted by Gasteiger charge is 2.11. The van der Waals surface area contributed by atoms with Crippen LogP contribution >= 0.6 is 12.0 Å². The van der Waals surface area contributed by atoms with Crippen molar-refractivity contribution in [3.05, 3.63) is 48.0 Å². The Morgan fingerprint density at radius 3 is 2.18 bits per heavy atom. The Hall–Kier alpha value is -2.74. The van der Waals surface area contributed by atoms with Crippen LogP contribution in [-0.4, -0.2) is 38.2 Å². The van der Waals surface area contributed by atoms with Crippen molar-refractivity contribution in [2.45, 2.75) is 9.79 Å². The first-order chi connectivity index (χ1) is 13.4. The molecular weight excluding hydrogens is 408 g/mol. The SMILES string of the molecule is O=S(=O)(O)c1ccc2nc(C=Cc3nc4ccc(SOOO)cc4[nH]3)[nH]c2c1. The molecule has 0 saturated carbocycles. The third-order valence-electron chi connectivity index (χ3n) is 3.80. The summed E-state index contributed by atoms with van der Waals surface area (Å²) in [6.07, 6.45) is 3.39. The molecule has 0 unspecified atom stereocenters. The van der Waals surface area contributed by atoms with Crippen molar-refractivity contribution in [2.24, 2.45) is 0 Å². The number of aromatic nitrogens is 4. The molecule has 10 nitrogen and oxygen atoms in total. The van der Waals surface area contributed by atoms with E-state index in [4.69, 9.17) is 9.81 Å². The van der Waals surface area contributed by atoms with Gasteiger partial charge in [0.15, 0.2) is 0 Å². The van der Waals surface area contributed by atoms with E-state index in [9.17, 15) is 8.42 Å². The van der Waals surface area contributed by atoms with E-state index in [-0.39, 0.29) is 4.90 Å². The number of benzene rings is 2. The predicted octanol–water partition coefficient (Wildman–Crippen LogP) is 3.28. The zero-order chi connectivity index (χ0) is 19.7. The molecule has 0 bridgehead atoms. The first-order valence-corrected chi connectivity index (χ1v) is 9.90. The highest BCUT2D eigenvalue weighted by molar-refractivity contribution is 7.94. The molecule has 4 rings (SSSR count). The molecule has 0 spiro atoms. The van der Waals surface area contributed by atoms with Gasteiger partial charge in [0.25, 0.3) is 10.1 Å². The van der Waals surface area contributed by atoms with Crippen LogP contribution in [-0.2, 0) is 19.5 Å². The summed E-state index contributed by atoms with van der Waals surface area (Å²) in [6, 6.07) is 9.42. The summed E-state index contributed by atoms with van der Waals surface area (Å²) in [4.78, 5) is 15.3. The highest BCUT2D eigenvalue weighted by Crippen LogP contribution is 2.24. The molecule has 0 amide bonds. The zero-order valence-electron chi connectivity index (χ0n) is 13.9. The van der Waals surface area contributed by atoms with Gasteiger partial charge >= 0.3 is 0 Å². The van der Waals surface area contributed by atoms with E-state index < -0.39 is 10.1 Å². The molecule has 0 aliphatic rings. The number of H-pyrrole nitrogens is 2. The fraction of sp³-hybridized carbons (Fsp3) is 0. The average Bonchev–Trinajstić information content (AvgIpc) is 3.25. The van der Waals surface area contributed by atoms with Crippen molar-refractivity contribution in [3.63, 3.8) is 0 Å². The molecule has 12 heteroatoms. The van der Waals surface area contributed by atoms with Crippen molar-refractivity contribution < 1.29 is 27.6 Å². The molecule has 2 heterocycles. The second-order valence-corrected chi connectivity index (χ2v) is 7.83. The van der Waals surface area contributed by atoms with Gasteiger partial charge in [-0.05, 0) is 48.6 Å². The molecule has 144 valence electrons. The summed E-state index contributed by atoms with van der Waals surface area (Å²) >= 11 is 0.846. The number of nitrogens with one attached hydrogen (secondary N) is 2. The van der Waals surface area contributed by atoms with Crippen LogP contribution in [0.5, 0.6) is 0 Å². The number of hydrogen-bond donors (Lipinski definition) is 4. The van der Waals surface area contributed by atoms with E-state index in [2.05, 4.69) is 29.3 Å². The maximum Gasteiger partial charge on any atom is 0.294 e. The molecule has 0 saturated heterocycles. The Bertz CT molecular complexity index is 1300. The smallest absolute Gasteiger partial charge is 0.294 e. The molecule has 0 aliphatic heterocycles. The summed E-state index contributed by atoms with van der Waals surface area (Å²) in [5, 5.41) is 11.8. The predicted molar refractivity (Wildman–Crippen MR) is 102 cm³/mol. The molecule has 4 N–H and O–H groups in total. The van der Waals surface area contributed by atoms with E-state index in [0.29, 0.717) is 27.6 Å². The van der Waals surface area contributed by atoms with Gasteiger partial charge in [-0.3, -0.25) is 4.55 Å². The van der Waals surface area contributed by atoms with Crippen LogP contribution in [0.4, 0.5) is 0 Å². The fourth-order valence-electron chi connectivity index (χ4n) is 2.60. The van der Waals surface area contributed by atoms with Gasteiger partial charge in [0, 0.05) is 4.90 Å². The number of fused-ring (bicyclic) bond motifs is 2. The summed E-state index contributed by atoms with van der Waals surface area (Å²) in [6.45, 7) is 0.